The van der Waals surface area contributed by atoms with Crippen LogP contribution >= 0.6 is 0 Å². The standard InChI is InChI=1S/C16H20FN3/c1-11(8-12-4-2-5-13(17)9-12)18-10-16-14-6-3-7-15(14)19-20-16/h2,4-5,9,11,18H,3,6-8,10H2,1H3,(H,19,20)/t11-/m0/s1. The summed E-state index contributed by atoms with van der Waals surface area (Å²) < 4.78 is 13.1. The van der Waals surface area contributed by atoms with Crippen LogP contribution < -0.4 is 5.32 Å². The number of nitrogens with one attached hydrogen (secondary N) is 2. The van der Waals surface area contributed by atoms with Gasteiger partial charge in [-0.25, -0.2) is 4.39 Å². The van der Waals surface area contributed by atoms with Crippen molar-refractivity contribution in [3.63, 3.8) is 0 Å². The molecule has 1 atom stereocenters. The summed E-state index contributed by atoms with van der Waals surface area (Å²) in [5.74, 6) is -0.167. The number of halogens is 1. The number of aromatic amines is 1. The van der Waals surface area contributed by atoms with Gasteiger partial charge in [-0.05, 0) is 55.9 Å². The molecule has 0 spiro atoms. The van der Waals surface area contributed by atoms with Crippen molar-refractivity contribution in [2.24, 2.45) is 0 Å². The zero-order valence-corrected chi connectivity index (χ0v) is 11.7. The Morgan fingerprint density at radius 2 is 2.30 bits per heavy atom. The number of benzene rings is 1. The molecule has 106 valence electrons. The van der Waals surface area contributed by atoms with Gasteiger partial charge in [-0.1, -0.05) is 12.1 Å². The van der Waals surface area contributed by atoms with E-state index >= 15 is 0 Å². The molecule has 0 unspecified atom stereocenters. The van der Waals surface area contributed by atoms with E-state index in [0.29, 0.717) is 6.04 Å². The molecule has 0 fully saturated rings. The van der Waals surface area contributed by atoms with E-state index in [-0.39, 0.29) is 5.82 Å². The molecule has 1 aliphatic carbocycles. The van der Waals surface area contributed by atoms with Gasteiger partial charge < -0.3 is 5.32 Å². The van der Waals surface area contributed by atoms with Crippen LogP contribution in [0.3, 0.4) is 0 Å². The molecule has 0 saturated carbocycles. The third-order valence-electron chi connectivity index (χ3n) is 3.94. The van der Waals surface area contributed by atoms with E-state index in [1.165, 1.54) is 23.7 Å². The third-order valence-corrected chi connectivity index (χ3v) is 3.94. The van der Waals surface area contributed by atoms with Crippen LogP contribution in [0.5, 0.6) is 0 Å². The number of nitrogens with zero attached hydrogens (tertiary/aromatic N) is 1. The quantitative estimate of drug-likeness (QED) is 0.879. The molecule has 2 N–H and O–H groups in total. The van der Waals surface area contributed by atoms with E-state index in [0.717, 1.165) is 37.1 Å². The van der Waals surface area contributed by atoms with Gasteiger partial charge in [-0.15, -0.1) is 0 Å². The minimum Gasteiger partial charge on any atom is -0.308 e. The van der Waals surface area contributed by atoms with Crippen molar-refractivity contribution in [2.45, 2.75) is 45.2 Å². The van der Waals surface area contributed by atoms with Crippen molar-refractivity contribution >= 4 is 0 Å². The Bertz CT molecular complexity index is 591. The van der Waals surface area contributed by atoms with Crippen LogP contribution in [-0.2, 0) is 25.8 Å². The highest BCUT2D eigenvalue weighted by molar-refractivity contribution is 5.29. The largest absolute Gasteiger partial charge is 0.308 e. The highest BCUT2D eigenvalue weighted by Gasteiger charge is 2.18. The van der Waals surface area contributed by atoms with Gasteiger partial charge in [0.05, 0.1) is 5.69 Å². The lowest BCUT2D eigenvalue weighted by molar-refractivity contribution is 0.535. The van der Waals surface area contributed by atoms with E-state index in [1.807, 2.05) is 6.07 Å². The van der Waals surface area contributed by atoms with Crippen LogP contribution in [0.2, 0.25) is 0 Å². The maximum absolute atomic E-state index is 13.1. The van der Waals surface area contributed by atoms with Crippen LogP contribution in [0.15, 0.2) is 24.3 Å². The topological polar surface area (TPSA) is 40.7 Å². The number of fused-ring (bicyclic) bond motifs is 1. The molecule has 0 amide bonds. The summed E-state index contributed by atoms with van der Waals surface area (Å²) in [4.78, 5) is 0. The minimum atomic E-state index is -0.167. The first-order valence-electron chi connectivity index (χ1n) is 7.25. The molecule has 3 rings (SSSR count). The predicted molar refractivity (Wildman–Crippen MR) is 77.0 cm³/mol. The molecular weight excluding hydrogens is 253 g/mol. The summed E-state index contributed by atoms with van der Waals surface area (Å²) in [6, 6.07) is 7.11. The van der Waals surface area contributed by atoms with E-state index in [4.69, 9.17) is 0 Å². The van der Waals surface area contributed by atoms with Crippen LogP contribution in [0.25, 0.3) is 0 Å². The number of hydrogen-bond acceptors (Lipinski definition) is 2. The average molecular weight is 273 g/mol. The van der Waals surface area contributed by atoms with Gasteiger partial charge in [0, 0.05) is 18.3 Å². The summed E-state index contributed by atoms with van der Waals surface area (Å²) in [5.41, 5.74) is 4.87. The molecular formula is C16H20FN3. The fraction of sp³-hybridized carbons (Fsp3) is 0.438. The van der Waals surface area contributed by atoms with Gasteiger partial charge in [-0.2, -0.15) is 5.10 Å². The smallest absolute Gasteiger partial charge is 0.123 e. The Morgan fingerprint density at radius 1 is 1.40 bits per heavy atom. The van der Waals surface area contributed by atoms with Gasteiger partial charge in [-0.3, -0.25) is 5.10 Å². The number of aromatic nitrogens is 2. The molecule has 3 nitrogen and oxygen atoms in total. The van der Waals surface area contributed by atoms with Gasteiger partial charge in [0.15, 0.2) is 0 Å². The molecule has 1 aromatic carbocycles. The van der Waals surface area contributed by atoms with E-state index < -0.39 is 0 Å². The molecule has 1 aromatic heterocycles. The van der Waals surface area contributed by atoms with E-state index in [9.17, 15) is 4.39 Å². The minimum absolute atomic E-state index is 0.167. The molecule has 20 heavy (non-hydrogen) atoms. The molecule has 1 aliphatic rings. The third kappa shape index (κ3) is 2.90. The van der Waals surface area contributed by atoms with E-state index in [1.54, 1.807) is 12.1 Å². The van der Waals surface area contributed by atoms with Crippen LogP contribution in [-0.4, -0.2) is 16.2 Å². The monoisotopic (exact) mass is 273 g/mol. The summed E-state index contributed by atoms with van der Waals surface area (Å²) in [5, 5.41) is 11.0. The van der Waals surface area contributed by atoms with E-state index in [2.05, 4.69) is 22.4 Å². The molecule has 0 bridgehead atoms. The maximum atomic E-state index is 13.1. The Kier molecular flexibility index (Phi) is 3.83. The molecule has 0 radical (unpaired) electrons. The first-order chi connectivity index (χ1) is 9.72. The zero-order valence-electron chi connectivity index (χ0n) is 11.7. The first-order valence-corrected chi connectivity index (χ1v) is 7.25. The SMILES string of the molecule is C[C@@H](Cc1cccc(F)c1)NCc1n[nH]c2c1CCC2. The van der Waals surface area contributed by atoms with Crippen molar-refractivity contribution in [1.29, 1.82) is 0 Å². The summed E-state index contributed by atoms with van der Waals surface area (Å²) in [6.07, 6.45) is 4.32. The fourth-order valence-electron chi connectivity index (χ4n) is 2.89. The summed E-state index contributed by atoms with van der Waals surface area (Å²) in [6.45, 7) is 2.90. The Balaban J connectivity index is 1.55. The van der Waals surface area contributed by atoms with Crippen molar-refractivity contribution in [1.82, 2.24) is 15.5 Å². The Hall–Kier alpha value is -1.68. The van der Waals surface area contributed by atoms with Crippen molar-refractivity contribution < 1.29 is 4.39 Å². The first kappa shape index (κ1) is 13.3. The Morgan fingerprint density at radius 3 is 3.15 bits per heavy atom. The zero-order chi connectivity index (χ0) is 13.9. The van der Waals surface area contributed by atoms with Crippen molar-refractivity contribution in [2.75, 3.05) is 0 Å². The molecule has 1 heterocycles. The number of aryl methyl sites for hydroxylation is 1. The van der Waals surface area contributed by atoms with Gasteiger partial charge in [0.1, 0.15) is 5.82 Å². The van der Waals surface area contributed by atoms with Crippen LogP contribution in [0.1, 0.15) is 35.9 Å². The van der Waals surface area contributed by atoms with Gasteiger partial charge >= 0.3 is 0 Å². The summed E-state index contributed by atoms with van der Waals surface area (Å²) >= 11 is 0. The lowest BCUT2D eigenvalue weighted by Gasteiger charge is -2.13. The second-order valence-corrected chi connectivity index (χ2v) is 5.60. The lowest BCUT2D eigenvalue weighted by atomic mass is 10.1. The highest BCUT2D eigenvalue weighted by Crippen LogP contribution is 2.22. The predicted octanol–water partition coefficient (Wildman–Crippen LogP) is 2.76. The normalized spacial score (nSPS) is 15.3. The summed E-state index contributed by atoms with van der Waals surface area (Å²) in [7, 11) is 0. The van der Waals surface area contributed by atoms with Gasteiger partial charge in [0.2, 0.25) is 0 Å². The second-order valence-electron chi connectivity index (χ2n) is 5.60. The molecule has 0 saturated heterocycles. The number of hydrogen-bond donors (Lipinski definition) is 2. The fourth-order valence-corrected chi connectivity index (χ4v) is 2.89. The van der Waals surface area contributed by atoms with Crippen molar-refractivity contribution in [3.8, 4) is 0 Å². The van der Waals surface area contributed by atoms with Crippen LogP contribution in [0, 0.1) is 5.82 Å². The van der Waals surface area contributed by atoms with Gasteiger partial charge in [0.25, 0.3) is 0 Å². The molecule has 2 aromatic rings. The molecule has 4 heteroatoms. The maximum Gasteiger partial charge on any atom is 0.123 e. The van der Waals surface area contributed by atoms with Crippen LogP contribution in [0.4, 0.5) is 4.39 Å². The highest BCUT2D eigenvalue weighted by atomic mass is 19.1. The Labute approximate surface area is 118 Å². The average Bonchev–Trinajstić information content (AvgIpc) is 2.99. The lowest BCUT2D eigenvalue weighted by Crippen LogP contribution is -2.28. The molecule has 0 aliphatic heterocycles. The number of rotatable bonds is 5. The van der Waals surface area contributed by atoms with Crippen molar-refractivity contribution in [3.05, 3.63) is 52.6 Å². The second kappa shape index (κ2) is 5.75. The number of H-pyrrole nitrogens is 1.